The number of rotatable bonds is 8. The zero-order valence-electron chi connectivity index (χ0n) is 22.9. The predicted molar refractivity (Wildman–Crippen MR) is 161 cm³/mol. The molecule has 2 N–H and O–H groups in total. The summed E-state index contributed by atoms with van der Waals surface area (Å²) in [5, 5.41) is 25.6. The number of benzene rings is 3. The first kappa shape index (κ1) is 27.3. The zero-order valence-corrected chi connectivity index (χ0v) is 23.7. The molecule has 6 rings (SSSR count). The molecule has 1 aromatic heterocycles. The van der Waals surface area contributed by atoms with E-state index in [9.17, 15) is 19.8 Å². The molecule has 0 aliphatic carbocycles. The summed E-state index contributed by atoms with van der Waals surface area (Å²) >= 11 is 1.68. The first-order chi connectivity index (χ1) is 20.0. The average molecular weight is 571 g/mol. The summed E-state index contributed by atoms with van der Waals surface area (Å²) in [4.78, 5) is 33.8. The molecule has 212 valence electrons. The van der Waals surface area contributed by atoms with Crippen molar-refractivity contribution in [3.8, 4) is 0 Å². The van der Waals surface area contributed by atoms with Gasteiger partial charge in [-0.25, -0.2) is 9.69 Å². The number of piperazine rings is 1. The number of anilines is 2. The quantitative estimate of drug-likeness (QED) is 0.270. The molecule has 4 atom stereocenters. The van der Waals surface area contributed by atoms with E-state index >= 15 is 0 Å². The molecular formula is C32H34N4O4S. The van der Waals surface area contributed by atoms with Crippen molar-refractivity contribution in [3.05, 3.63) is 95.9 Å². The van der Waals surface area contributed by atoms with Crippen molar-refractivity contribution < 1.29 is 19.8 Å². The van der Waals surface area contributed by atoms with Crippen LogP contribution in [0.25, 0.3) is 10.1 Å². The van der Waals surface area contributed by atoms with Gasteiger partial charge < -0.3 is 24.9 Å². The molecule has 8 nitrogen and oxygen atoms in total. The number of hydrogen-bond acceptors (Lipinski definition) is 6. The first-order valence-electron chi connectivity index (χ1n) is 14.1. The number of fused-ring (bicyclic) bond motifs is 3. The molecular weight excluding hydrogens is 536 g/mol. The monoisotopic (exact) mass is 570 g/mol. The fraction of sp³-hybridized carbons (Fsp3) is 0.312. The van der Waals surface area contributed by atoms with Gasteiger partial charge in [-0.15, -0.1) is 11.3 Å². The van der Waals surface area contributed by atoms with E-state index in [0.717, 1.165) is 16.9 Å². The summed E-state index contributed by atoms with van der Waals surface area (Å²) < 4.78 is 1.18. The molecule has 0 radical (unpaired) electrons. The van der Waals surface area contributed by atoms with Crippen molar-refractivity contribution in [1.82, 2.24) is 14.7 Å². The Morgan fingerprint density at radius 1 is 0.976 bits per heavy atom. The van der Waals surface area contributed by atoms with E-state index in [4.69, 9.17) is 0 Å². The molecule has 1 unspecified atom stereocenters. The van der Waals surface area contributed by atoms with Crippen molar-refractivity contribution in [2.45, 2.75) is 50.8 Å². The Morgan fingerprint density at radius 3 is 2.29 bits per heavy atom. The number of para-hydroxylation sites is 2. The molecule has 3 heterocycles. The summed E-state index contributed by atoms with van der Waals surface area (Å²) in [6.45, 7) is 3.18. The van der Waals surface area contributed by atoms with E-state index in [2.05, 4.69) is 29.6 Å². The Balaban J connectivity index is 1.27. The molecule has 41 heavy (non-hydrogen) atoms. The number of likely N-dealkylation sites (tertiary alicyclic amines) is 1. The van der Waals surface area contributed by atoms with Crippen LogP contribution in [0.2, 0.25) is 0 Å². The van der Waals surface area contributed by atoms with E-state index in [0.29, 0.717) is 25.9 Å². The Labute approximate surface area is 243 Å². The van der Waals surface area contributed by atoms with E-state index in [1.165, 1.54) is 10.1 Å². The minimum absolute atomic E-state index is 0.144. The highest BCUT2D eigenvalue weighted by Gasteiger charge is 2.54. The third-order valence-corrected chi connectivity index (χ3v) is 9.19. The Bertz CT molecular complexity index is 1470. The second-order valence-electron chi connectivity index (χ2n) is 10.7. The van der Waals surface area contributed by atoms with E-state index in [-0.39, 0.29) is 18.6 Å². The summed E-state index contributed by atoms with van der Waals surface area (Å²) in [5.74, 6) is -1.04. The van der Waals surface area contributed by atoms with Gasteiger partial charge in [0, 0.05) is 41.8 Å². The number of aliphatic hydroxyl groups is 1. The van der Waals surface area contributed by atoms with Crippen LogP contribution in [-0.2, 0) is 11.3 Å². The molecule has 9 heteroatoms. The third-order valence-electron chi connectivity index (χ3n) is 8.31. The summed E-state index contributed by atoms with van der Waals surface area (Å²) in [6, 6.07) is 25.4. The number of carbonyl (C=O) groups excluding carboxylic acids is 1. The number of carboxylic acids is 1. The van der Waals surface area contributed by atoms with Crippen LogP contribution in [0.5, 0.6) is 0 Å². The number of urea groups is 1. The Kier molecular flexibility index (Phi) is 7.66. The van der Waals surface area contributed by atoms with Crippen molar-refractivity contribution in [2.24, 2.45) is 0 Å². The van der Waals surface area contributed by atoms with E-state index < -0.39 is 24.4 Å². The van der Waals surface area contributed by atoms with Gasteiger partial charge in [-0.05, 0) is 72.5 Å². The maximum atomic E-state index is 14.0. The van der Waals surface area contributed by atoms with Gasteiger partial charge in [0.05, 0.1) is 6.04 Å². The molecule has 0 spiro atoms. The topological polar surface area (TPSA) is 87.6 Å². The highest BCUT2D eigenvalue weighted by Crippen LogP contribution is 2.39. The maximum Gasteiger partial charge on any atom is 0.323 e. The molecule has 3 aromatic carbocycles. The van der Waals surface area contributed by atoms with Crippen LogP contribution in [0.15, 0.2) is 90.3 Å². The maximum absolute atomic E-state index is 14.0. The van der Waals surface area contributed by atoms with Gasteiger partial charge in [0.25, 0.3) is 0 Å². The number of amides is 2. The fourth-order valence-corrected chi connectivity index (χ4v) is 7.21. The van der Waals surface area contributed by atoms with Crippen molar-refractivity contribution in [1.29, 1.82) is 0 Å². The smallest absolute Gasteiger partial charge is 0.323 e. The van der Waals surface area contributed by atoms with Gasteiger partial charge in [-0.1, -0.05) is 48.5 Å². The number of carboxylic acid groups (broad SMARTS) is 1. The normalized spacial score (nSPS) is 21.1. The third kappa shape index (κ3) is 5.16. The van der Waals surface area contributed by atoms with Gasteiger partial charge in [0.15, 0.2) is 6.35 Å². The first-order valence-corrected chi connectivity index (χ1v) is 14.9. The van der Waals surface area contributed by atoms with Gasteiger partial charge in [-0.3, -0.25) is 4.79 Å². The lowest BCUT2D eigenvalue weighted by molar-refractivity contribution is -0.156. The summed E-state index contributed by atoms with van der Waals surface area (Å²) in [6.07, 6.45) is 0.0335. The minimum Gasteiger partial charge on any atom is -0.480 e. The van der Waals surface area contributed by atoms with Crippen LogP contribution >= 0.6 is 11.3 Å². The number of aliphatic carboxylic acids is 1. The number of carbonyl (C=O) groups is 2. The molecule has 0 saturated carbocycles. The number of nitrogens with zero attached hydrogens (tertiary/aromatic N) is 4. The molecule has 2 aliphatic heterocycles. The van der Waals surface area contributed by atoms with Gasteiger partial charge >= 0.3 is 12.0 Å². The van der Waals surface area contributed by atoms with Gasteiger partial charge in [0.2, 0.25) is 0 Å². The largest absolute Gasteiger partial charge is 0.480 e. The van der Waals surface area contributed by atoms with Crippen LogP contribution in [0.1, 0.15) is 25.3 Å². The number of hydrogen-bond donors (Lipinski definition) is 2. The summed E-state index contributed by atoms with van der Waals surface area (Å²) in [5.41, 5.74) is 2.55. The molecule has 2 bridgehead atoms. The number of thiophene rings is 1. The Hall–Kier alpha value is -3.92. The van der Waals surface area contributed by atoms with Gasteiger partial charge in [0.1, 0.15) is 6.04 Å². The lowest BCUT2D eigenvalue weighted by Crippen LogP contribution is -2.68. The minimum atomic E-state index is -1.24. The fourth-order valence-electron chi connectivity index (χ4n) is 6.36. The van der Waals surface area contributed by atoms with Crippen molar-refractivity contribution >= 4 is 44.8 Å². The molecule has 2 fully saturated rings. The van der Waals surface area contributed by atoms with Crippen LogP contribution < -0.4 is 4.90 Å². The SMILES string of the molecule is CCN(Cc1ccc2ccsc2c1)C(=O)N1[C@H]2CC[C@@H]1[C@@H](C(=O)O)N(C(O)N(c1ccccc1)c1ccccc1)C2. The molecule has 2 amide bonds. The lowest BCUT2D eigenvalue weighted by Gasteiger charge is -2.49. The number of aliphatic hydroxyl groups excluding tert-OH is 1. The second kappa shape index (κ2) is 11.5. The van der Waals surface area contributed by atoms with Crippen LogP contribution in [0.3, 0.4) is 0 Å². The van der Waals surface area contributed by atoms with Crippen LogP contribution in [0, 0.1) is 0 Å². The zero-order chi connectivity index (χ0) is 28.5. The van der Waals surface area contributed by atoms with Crippen molar-refractivity contribution in [2.75, 3.05) is 18.0 Å². The van der Waals surface area contributed by atoms with Crippen molar-refractivity contribution in [3.63, 3.8) is 0 Å². The van der Waals surface area contributed by atoms with Gasteiger partial charge in [-0.2, -0.15) is 0 Å². The second-order valence-corrected chi connectivity index (χ2v) is 11.6. The van der Waals surface area contributed by atoms with Crippen LogP contribution in [0.4, 0.5) is 16.2 Å². The predicted octanol–water partition coefficient (Wildman–Crippen LogP) is 5.56. The van der Waals surface area contributed by atoms with E-state index in [1.807, 2.05) is 67.6 Å². The molecule has 4 aromatic rings. The molecule has 2 aliphatic rings. The molecule has 2 saturated heterocycles. The Morgan fingerprint density at radius 2 is 1.66 bits per heavy atom. The van der Waals surface area contributed by atoms with Crippen LogP contribution in [-0.4, -0.2) is 74.5 Å². The standard InChI is InChI=1S/C32H34N4O4S/c1-2-33(20-22-13-14-23-17-18-41-28(23)19-22)31(39)36-26-15-16-27(36)29(30(37)38)34(21-26)32(40)35(24-9-5-3-6-10-24)25-11-7-4-8-12-25/h3-14,17-19,26-27,29,32,40H,2,15-16,20-21H2,1H3,(H,37,38)/t26-,27+,29-,32?/m0/s1. The highest BCUT2D eigenvalue weighted by atomic mass is 32.1. The van der Waals surface area contributed by atoms with E-state index in [1.54, 1.807) is 30.9 Å². The summed E-state index contributed by atoms with van der Waals surface area (Å²) in [7, 11) is 0. The average Bonchev–Trinajstić information content (AvgIpc) is 3.58. The highest BCUT2D eigenvalue weighted by molar-refractivity contribution is 7.17. The lowest BCUT2D eigenvalue weighted by atomic mass is 10.0.